The van der Waals surface area contributed by atoms with Gasteiger partial charge >= 0.3 is 0 Å². The first-order valence-corrected chi connectivity index (χ1v) is 5.92. The maximum atomic E-state index is 11.5. The average Bonchev–Trinajstić information content (AvgIpc) is 2.27. The molecule has 1 atom stereocenters. The number of aliphatic hydroxyl groups is 1. The van der Waals surface area contributed by atoms with Gasteiger partial charge in [0.2, 0.25) is 5.91 Å². The Balaban J connectivity index is 3.07. The van der Waals surface area contributed by atoms with Crippen LogP contribution in [-0.2, 0) is 10.3 Å². The topological polar surface area (TPSA) is 73.1 Å². The SMILES string of the molecule is C[C@](CO)(NC(=O)CC#N)c1cc(Cl)cc(Cl)c1. The van der Waals surface area contributed by atoms with Gasteiger partial charge in [-0.05, 0) is 30.7 Å². The number of carbonyl (C=O) groups is 1. The van der Waals surface area contributed by atoms with Crippen molar-refractivity contribution in [2.45, 2.75) is 18.9 Å². The third kappa shape index (κ3) is 3.61. The largest absolute Gasteiger partial charge is 0.394 e. The maximum absolute atomic E-state index is 11.5. The van der Waals surface area contributed by atoms with Crippen LogP contribution in [-0.4, -0.2) is 17.6 Å². The molecule has 0 bridgehead atoms. The van der Waals surface area contributed by atoms with E-state index in [1.165, 1.54) is 0 Å². The van der Waals surface area contributed by atoms with Crippen LogP contribution >= 0.6 is 23.2 Å². The van der Waals surface area contributed by atoms with E-state index < -0.39 is 11.4 Å². The van der Waals surface area contributed by atoms with E-state index in [2.05, 4.69) is 5.32 Å². The van der Waals surface area contributed by atoms with Gasteiger partial charge in [-0.25, -0.2) is 0 Å². The van der Waals surface area contributed by atoms with Crippen LogP contribution in [0.15, 0.2) is 18.2 Å². The number of halogens is 2. The Morgan fingerprint density at radius 1 is 1.44 bits per heavy atom. The minimum absolute atomic E-state index is 0.274. The lowest BCUT2D eigenvalue weighted by atomic mass is 9.92. The Morgan fingerprint density at radius 2 is 2.00 bits per heavy atom. The minimum Gasteiger partial charge on any atom is -0.394 e. The minimum atomic E-state index is -1.03. The fourth-order valence-electron chi connectivity index (χ4n) is 1.50. The van der Waals surface area contributed by atoms with Crippen LogP contribution in [0.5, 0.6) is 0 Å². The van der Waals surface area contributed by atoms with Crippen LogP contribution in [0.1, 0.15) is 18.9 Å². The zero-order valence-corrected chi connectivity index (χ0v) is 11.2. The summed E-state index contributed by atoms with van der Waals surface area (Å²) in [7, 11) is 0. The predicted molar refractivity (Wildman–Crippen MR) is 69.3 cm³/mol. The Hall–Kier alpha value is -1.28. The summed E-state index contributed by atoms with van der Waals surface area (Å²) in [6, 6.07) is 6.51. The molecule has 0 aliphatic carbocycles. The van der Waals surface area contributed by atoms with Gasteiger partial charge in [0.05, 0.1) is 18.2 Å². The van der Waals surface area contributed by atoms with E-state index in [0.717, 1.165) is 0 Å². The third-order valence-corrected chi connectivity index (χ3v) is 2.91. The van der Waals surface area contributed by atoms with Gasteiger partial charge in [-0.3, -0.25) is 4.79 Å². The van der Waals surface area contributed by atoms with Crippen LogP contribution in [0.25, 0.3) is 0 Å². The summed E-state index contributed by atoms with van der Waals surface area (Å²) in [5.74, 6) is -0.467. The molecule has 1 aromatic carbocycles. The molecular formula is C12H12Cl2N2O2. The summed E-state index contributed by atoms with van der Waals surface area (Å²) in [5, 5.41) is 21.3. The van der Waals surface area contributed by atoms with Gasteiger partial charge in [0, 0.05) is 10.0 Å². The number of aliphatic hydroxyl groups excluding tert-OH is 1. The second-order valence-electron chi connectivity index (χ2n) is 4.03. The highest BCUT2D eigenvalue weighted by atomic mass is 35.5. The highest BCUT2D eigenvalue weighted by Crippen LogP contribution is 2.27. The Bertz CT molecular complexity index is 479. The molecule has 4 nitrogen and oxygen atoms in total. The van der Waals surface area contributed by atoms with E-state index in [1.807, 2.05) is 0 Å². The van der Waals surface area contributed by atoms with E-state index in [0.29, 0.717) is 15.6 Å². The number of carbonyl (C=O) groups excluding carboxylic acids is 1. The summed E-state index contributed by atoms with van der Waals surface area (Å²) >= 11 is 11.8. The van der Waals surface area contributed by atoms with Crippen molar-refractivity contribution in [2.24, 2.45) is 0 Å². The van der Waals surface area contributed by atoms with Crippen LogP contribution in [0.2, 0.25) is 10.0 Å². The number of nitrogens with one attached hydrogen (secondary N) is 1. The first-order valence-electron chi connectivity index (χ1n) is 5.16. The second-order valence-corrected chi connectivity index (χ2v) is 4.90. The lowest BCUT2D eigenvalue weighted by molar-refractivity contribution is -0.122. The molecule has 0 heterocycles. The molecule has 0 radical (unpaired) electrons. The zero-order chi connectivity index (χ0) is 13.8. The van der Waals surface area contributed by atoms with Gasteiger partial charge in [0.25, 0.3) is 0 Å². The van der Waals surface area contributed by atoms with Crippen LogP contribution in [0, 0.1) is 11.3 Å². The van der Waals surface area contributed by atoms with Gasteiger partial charge in [-0.15, -0.1) is 0 Å². The molecule has 0 spiro atoms. The number of amides is 1. The number of hydrogen-bond donors (Lipinski definition) is 2. The van der Waals surface area contributed by atoms with E-state index in [-0.39, 0.29) is 13.0 Å². The Morgan fingerprint density at radius 3 is 2.44 bits per heavy atom. The molecule has 6 heteroatoms. The van der Waals surface area contributed by atoms with Gasteiger partial charge in [-0.1, -0.05) is 23.2 Å². The quantitative estimate of drug-likeness (QED) is 0.891. The normalized spacial score (nSPS) is 13.5. The maximum Gasteiger partial charge on any atom is 0.234 e. The molecule has 18 heavy (non-hydrogen) atoms. The van der Waals surface area contributed by atoms with E-state index >= 15 is 0 Å². The molecule has 0 unspecified atom stereocenters. The zero-order valence-electron chi connectivity index (χ0n) is 9.70. The monoisotopic (exact) mass is 286 g/mol. The van der Waals surface area contributed by atoms with Crippen molar-refractivity contribution in [3.63, 3.8) is 0 Å². The van der Waals surface area contributed by atoms with E-state index in [1.54, 1.807) is 31.2 Å². The molecule has 1 rings (SSSR count). The summed E-state index contributed by atoms with van der Waals surface area (Å²) in [5.41, 5.74) is -0.448. The number of nitriles is 1. The number of hydrogen-bond acceptors (Lipinski definition) is 3. The van der Waals surface area contributed by atoms with E-state index in [9.17, 15) is 9.90 Å². The van der Waals surface area contributed by atoms with Crippen molar-refractivity contribution < 1.29 is 9.90 Å². The molecular weight excluding hydrogens is 275 g/mol. The standard InChI is InChI=1S/C12H12Cl2N2O2/c1-12(7-17,16-11(18)2-3-15)8-4-9(13)6-10(14)5-8/h4-6,17H,2,7H2,1H3,(H,16,18)/t12-/m1/s1. The Kier molecular flexibility index (Phi) is 4.97. The molecule has 96 valence electrons. The molecule has 0 saturated heterocycles. The summed E-state index contributed by atoms with van der Waals surface area (Å²) in [6.07, 6.45) is -0.274. The van der Waals surface area contributed by atoms with Crippen LogP contribution in [0.3, 0.4) is 0 Å². The smallest absolute Gasteiger partial charge is 0.234 e. The van der Waals surface area contributed by atoms with Crippen molar-refractivity contribution in [2.75, 3.05) is 6.61 Å². The van der Waals surface area contributed by atoms with Crippen molar-refractivity contribution >= 4 is 29.1 Å². The fraction of sp³-hybridized carbons (Fsp3) is 0.333. The van der Waals surface area contributed by atoms with Crippen LogP contribution < -0.4 is 5.32 Å². The van der Waals surface area contributed by atoms with Gasteiger partial charge in [0.1, 0.15) is 6.42 Å². The number of benzene rings is 1. The first-order chi connectivity index (χ1) is 8.41. The number of rotatable bonds is 4. The van der Waals surface area contributed by atoms with Gasteiger partial charge in [0.15, 0.2) is 0 Å². The first kappa shape index (κ1) is 14.8. The van der Waals surface area contributed by atoms with Crippen LogP contribution in [0.4, 0.5) is 0 Å². The lowest BCUT2D eigenvalue weighted by Gasteiger charge is -2.29. The lowest BCUT2D eigenvalue weighted by Crippen LogP contribution is -2.46. The number of nitrogens with zero attached hydrogens (tertiary/aromatic N) is 1. The van der Waals surface area contributed by atoms with Crippen molar-refractivity contribution in [3.05, 3.63) is 33.8 Å². The predicted octanol–water partition coefficient (Wildman–Crippen LogP) is 2.23. The summed E-state index contributed by atoms with van der Waals surface area (Å²) < 4.78 is 0. The second kappa shape index (κ2) is 6.05. The van der Waals surface area contributed by atoms with Gasteiger partial charge in [-0.2, -0.15) is 5.26 Å². The molecule has 0 fully saturated rings. The summed E-state index contributed by atoms with van der Waals surface area (Å²) in [6.45, 7) is 1.30. The fourth-order valence-corrected chi connectivity index (χ4v) is 2.03. The molecule has 1 amide bonds. The molecule has 0 aromatic heterocycles. The van der Waals surface area contributed by atoms with Crippen molar-refractivity contribution in [1.82, 2.24) is 5.32 Å². The highest BCUT2D eigenvalue weighted by molar-refractivity contribution is 6.34. The average molecular weight is 287 g/mol. The molecule has 1 aromatic rings. The third-order valence-electron chi connectivity index (χ3n) is 2.47. The van der Waals surface area contributed by atoms with Crippen molar-refractivity contribution in [3.8, 4) is 6.07 Å². The Labute approximate surface area is 115 Å². The highest BCUT2D eigenvalue weighted by Gasteiger charge is 2.28. The summed E-state index contributed by atoms with van der Waals surface area (Å²) in [4.78, 5) is 11.5. The molecule has 2 N–H and O–H groups in total. The molecule has 0 aliphatic heterocycles. The van der Waals surface area contributed by atoms with E-state index in [4.69, 9.17) is 28.5 Å². The van der Waals surface area contributed by atoms with Crippen molar-refractivity contribution in [1.29, 1.82) is 5.26 Å². The van der Waals surface area contributed by atoms with Gasteiger partial charge < -0.3 is 10.4 Å². The molecule has 0 saturated carbocycles. The molecule has 0 aliphatic rings.